The van der Waals surface area contributed by atoms with E-state index in [1.54, 1.807) is 0 Å². The monoisotopic (exact) mass is 460 g/mol. The van der Waals surface area contributed by atoms with Crippen molar-refractivity contribution in [2.75, 3.05) is 18.5 Å². The maximum absolute atomic E-state index is 5.68. The molecule has 0 aromatic carbocycles. The summed E-state index contributed by atoms with van der Waals surface area (Å²) in [5.74, 6) is 1.74. The van der Waals surface area contributed by atoms with Crippen molar-refractivity contribution in [1.29, 1.82) is 0 Å². The van der Waals surface area contributed by atoms with Gasteiger partial charge in [0, 0.05) is 0 Å². The fourth-order valence-corrected chi connectivity index (χ4v) is 3.06. The predicted molar refractivity (Wildman–Crippen MR) is 79.8 cm³/mol. The van der Waals surface area contributed by atoms with E-state index in [1.165, 1.54) is 5.57 Å². The third-order valence-corrected chi connectivity index (χ3v) is 4.19. The molecule has 0 aliphatic carbocycles. The van der Waals surface area contributed by atoms with Crippen molar-refractivity contribution in [3.63, 3.8) is 0 Å². The van der Waals surface area contributed by atoms with Crippen LogP contribution in [0.15, 0.2) is 24.7 Å². The molecule has 0 atom stereocenters. The van der Waals surface area contributed by atoms with E-state index in [1.807, 2.05) is 18.5 Å². The van der Waals surface area contributed by atoms with Crippen LogP contribution in [-0.2, 0) is 0 Å². The van der Waals surface area contributed by atoms with E-state index in [4.69, 9.17) is 4.74 Å². The Morgan fingerprint density at radius 1 is 1.50 bits per heavy atom. The Balaban J connectivity index is 1.99. The molecular formula is C14H15N4OTl. The summed E-state index contributed by atoms with van der Waals surface area (Å²) in [6, 6.07) is 3.94. The standard InChI is InChI=1S/C14H15N4O.Tl/c1-2-16-13-4-3-12-14(18-13)10(5-6-19-12)7-11-8-15-9-17-11;/h3-4,7-9H,2,5-6H2,1H3,(H-,15,16,17,18);/q-1;+1/b10-7+;. The number of ether oxygens (including phenoxy) is 1. The van der Waals surface area contributed by atoms with E-state index >= 15 is 0 Å². The minimum absolute atomic E-state index is 0.699. The fourth-order valence-electron chi connectivity index (χ4n) is 2.21. The van der Waals surface area contributed by atoms with Gasteiger partial charge in [-0.25, -0.2) is 0 Å². The molecule has 3 heterocycles. The SMILES string of the molecule is CCNc1ccc2c(n1)/C(=C/c1c[n]([Tl])cn1)CCO2. The van der Waals surface area contributed by atoms with Gasteiger partial charge in [-0.1, -0.05) is 0 Å². The zero-order chi connectivity index (χ0) is 13.9. The first-order chi connectivity index (χ1) is 9.76. The Bertz CT molecular complexity index is 650. The van der Waals surface area contributed by atoms with Gasteiger partial charge in [-0.05, 0) is 0 Å². The zero-order valence-corrected chi connectivity index (χ0v) is 15.8. The summed E-state index contributed by atoms with van der Waals surface area (Å²) in [6.45, 7) is 3.62. The van der Waals surface area contributed by atoms with Crippen LogP contribution in [-0.4, -0.2) is 51.6 Å². The third kappa shape index (κ3) is 2.87. The number of hydrogen-bond acceptors (Lipinski definition) is 4. The summed E-state index contributed by atoms with van der Waals surface area (Å²) < 4.78 is 7.79. The summed E-state index contributed by atoms with van der Waals surface area (Å²) in [7, 11) is 0. The van der Waals surface area contributed by atoms with Gasteiger partial charge in [-0.2, -0.15) is 0 Å². The van der Waals surface area contributed by atoms with E-state index in [2.05, 4.69) is 36.9 Å². The van der Waals surface area contributed by atoms with Gasteiger partial charge in [-0.15, -0.1) is 0 Å². The van der Waals surface area contributed by atoms with E-state index in [-0.39, 0.29) is 0 Å². The predicted octanol–water partition coefficient (Wildman–Crippen LogP) is 1.96. The first-order valence-electron chi connectivity index (χ1n) is 6.64. The Labute approximate surface area is 134 Å². The van der Waals surface area contributed by atoms with Crippen molar-refractivity contribution in [2.24, 2.45) is 0 Å². The van der Waals surface area contributed by atoms with E-state index in [0.29, 0.717) is 6.61 Å². The van der Waals surface area contributed by atoms with E-state index in [0.717, 1.165) is 62.0 Å². The number of anilines is 1. The number of imidazole rings is 1. The first kappa shape index (κ1) is 13.6. The molecule has 0 spiro atoms. The molecule has 5 nitrogen and oxygen atoms in total. The molecule has 0 fully saturated rings. The third-order valence-electron chi connectivity index (χ3n) is 3.09. The fraction of sp³-hybridized carbons (Fsp3) is 0.286. The van der Waals surface area contributed by atoms with Crippen LogP contribution < -0.4 is 10.1 Å². The summed E-state index contributed by atoms with van der Waals surface area (Å²) >= 11 is 0.750. The summed E-state index contributed by atoms with van der Waals surface area (Å²) in [4.78, 5) is 9.04. The molecule has 0 bridgehead atoms. The van der Waals surface area contributed by atoms with Crippen molar-refractivity contribution in [2.45, 2.75) is 13.3 Å². The van der Waals surface area contributed by atoms with Gasteiger partial charge in [0.1, 0.15) is 0 Å². The second-order valence-corrected chi connectivity index (χ2v) is 6.91. The Morgan fingerprint density at radius 3 is 3.15 bits per heavy atom. The van der Waals surface area contributed by atoms with Crippen molar-refractivity contribution in [3.8, 4) is 5.75 Å². The van der Waals surface area contributed by atoms with Gasteiger partial charge in [-0.3, -0.25) is 0 Å². The molecule has 1 N–H and O–H groups in total. The number of nitrogens with zero attached hydrogens (tertiary/aromatic N) is 3. The molecule has 3 rings (SSSR count). The summed E-state index contributed by atoms with van der Waals surface area (Å²) in [5.41, 5.74) is 3.11. The molecule has 1 aliphatic heterocycles. The number of aromatic nitrogens is 3. The molecule has 20 heavy (non-hydrogen) atoms. The maximum atomic E-state index is 5.68. The number of pyridine rings is 1. The minimum atomic E-state index is 0.699. The topological polar surface area (TPSA) is 52.0 Å². The molecule has 2 aromatic rings. The molecule has 0 saturated heterocycles. The molecule has 6 heteroatoms. The number of hydrogen-bond donors (Lipinski definition) is 1. The number of nitrogens with one attached hydrogen (secondary N) is 1. The summed E-state index contributed by atoms with van der Waals surface area (Å²) in [6.07, 6.45) is 6.93. The second-order valence-electron chi connectivity index (χ2n) is 4.59. The van der Waals surface area contributed by atoms with Crippen LogP contribution >= 0.6 is 0 Å². The average Bonchev–Trinajstić information content (AvgIpc) is 2.85. The van der Waals surface area contributed by atoms with Crippen molar-refractivity contribution in [1.82, 2.24) is 12.3 Å². The van der Waals surface area contributed by atoms with Crippen molar-refractivity contribution < 1.29 is 4.74 Å². The number of rotatable bonds is 3. The van der Waals surface area contributed by atoms with Gasteiger partial charge in [0.25, 0.3) is 0 Å². The zero-order valence-electron chi connectivity index (χ0n) is 11.3. The number of fused-ring (bicyclic) bond motifs is 1. The molecule has 2 aromatic heterocycles. The van der Waals surface area contributed by atoms with Crippen LogP contribution in [0.2, 0.25) is 0 Å². The molecule has 1 aliphatic rings. The normalized spacial score (nSPS) is 15.7. The first-order valence-corrected chi connectivity index (χ1v) is 8.64. The molecule has 0 amide bonds. The van der Waals surface area contributed by atoms with Crippen molar-refractivity contribution in [3.05, 3.63) is 36.0 Å². The molecular weight excluding hydrogens is 445 g/mol. The van der Waals surface area contributed by atoms with Crippen LogP contribution in [0, 0.1) is 0 Å². The Morgan fingerprint density at radius 2 is 2.40 bits per heavy atom. The van der Waals surface area contributed by atoms with Gasteiger partial charge in [0.15, 0.2) is 0 Å². The van der Waals surface area contributed by atoms with Crippen LogP contribution in [0.3, 0.4) is 0 Å². The quantitative estimate of drug-likeness (QED) is 0.713. The van der Waals surface area contributed by atoms with Gasteiger partial charge >= 0.3 is 134 Å². The Hall–Kier alpha value is -1.38. The molecule has 0 unspecified atom stereocenters. The van der Waals surface area contributed by atoms with E-state index < -0.39 is 0 Å². The molecule has 0 radical (unpaired) electrons. The molecule has 0 saturated carbocycles. The van der Waals surface area contributed by atoms with Gasteiger partial charge in [0.05, 0.1) is 0 Å². The van der Waals surface area contributed by atoms with Crippen LogP contribution in [0.1, 0.15) is 24.7 Å². The van der Waals surface area contributed by atoms with Crippen LogP contribution in [0.4, 0.5) is 5.82 Å². The van der Waals surface area contributed by atoms with Crippen molar-refractivity contribution >= 4 is 43.5 Å². The van der Waals surface area contributed by atoms with E-state index in [9.17, 15) is 0 Å². The van der Waals surface area contributed by atoms with Gasteiger partial charge in [0.2, 0.25) is 0 Å². The molecule has 100 valence electrons. The summed E-state index contributed by atoms with van der Waals surface area (Å²) in [5, 5.41) is 3.24. The Kier molecular flexibility index (Phi) is 4.04. The van der Waals surface area contributed by atoms with Crippen LogP contribution in [0.25, 0.3) is 11.6 Å². The second kappa shape index (κ2) is 5.94. The van der Waals surface area contributed by atoms with Crippen LogP contribution in [0.5, 0.6) is 5.75 Å². The average molecular weight is 460 g/mol. The van der Waals surface area contributed by atoms with Gasteiger partial charge < -0.3 is 0 Å².